The lowest BCUT2D eigenvalue weighted by molar-refractivity contribution is 0.134. The molecule has 0 bridgehead atoms. The van der Waals surface area contributed by atoms with Gasteiger partial charge in [0.05, 0.1) is 7.11 Å². The quantitative estimate of drug-likeness (QED) is 0.654. The summed E-state index contributed by atoms with van der Waals surface area (Å²) in [6, 6.07) is 0. The number of hydrogen-bond donors (Lipinski definition) is 2. The second-order valence-electron chi connectivity index (χ2n) is 3.75. The Labute approximate surface area is 108 Å². The summed E-state index contributed by atoms with van der Waals surface area (Å²) in [6.07, 6.45) is 3.49. The van der Waals surface area contributed by atoms with Crippen molar-refractivity contribution in [2.45, 2.75) is 19.8 Å². The lowest BCUT2D eigenvalue weighted by Gasteiger charge is -2.12. The number of rotatable bonds is 9. The topological polar surface area (TPSA) is 68.3 Å². The average Bonchev–Trinajstić information content (AvgIpc) is 2.42. The van der Waals surface area contributed by atoms with Crippen molar-refractivity contribution in [1.82, 2.24) is 9.97 Å². The van der Waals surface area contributed by atoms with Gasteiger partial charge in [-0.25, -0.2) is 9.97 Å². The van der Waals surface area contributed by atoms with Gasteiger partial charge in [0.1, 0.15) is 6.33 Å². The SMILES string of the molecule is CCCOCCCNc1ncnc(NC)c1OC. The van der Waals surface area contributed by atoms with Gasteiger partial charge in [-0.3, -0.25) is 0 Å². The third kappa shape index (κ3) is 4.37. The molecule has 0 aliphatic carbocycles. The lowest BCUT2D eigenvalue weighted by Crippen LogP contribution is -2.10. The normalized spacial score (nSPS) is 10.2. The molecule has 1 aromatic heterocycles. The molecular weight excluding hydrogens is 232 g/mol. The van der Waals surface area contributed by atoms with Crippen LogP contribution in [-0.4, -0.2) is 43.9 Å². The van der Waals surface area contributed by atoms with Crippen molar-refractivity contribution in [1.29, 1.82) is 0 Å². The van der Waals surface area contributed by atoms with Gasteiger partial charge in [0.15, 0.2) is 11.6 Å². The van der Waals surface area contributed by atoms with Crippen LogP contribution in [0.5, 0.6) is 5.75 Å². The molecule has 102 valence electrons. The highest BCUT2D eigenvalue weighted by Crippen LogP contribution is 2.28. The molecule has 0 amide bonds. The average molecular weight is 254 g/mol. The van der Waals surface area contributed by atoms with Crippen molar-refractivity contribution in [2.24, 2.45) is 0 Å². The van der Waals surface area contributed by atoms with Crippen molar-refractivity contribution in [3.05, 3.63) is 6.33 Å². The molecule has 0 aliphatic rings. The van der Waals surface area contributed by atoms with Gasteiger partial charge in [-0.2, -0.15) is 0 Å². The van der Waals surface area contributed by atoms with Gasteiger partial charge in [0.25, 0.3) is 0 Å². The van der Waals surface area contributed by atoms with Gasteiger partial charge in [-0.1, -0.05) is 6.92 Å². The molecule has 0 atom stereocenters. The first-order valence-electron chi connectivity index (χ1n) is 6.21. The van der Waals surface area contributed by atoms with E-state index in [0.717, 1.165) is 32.6 Å². The molecular formula is C12H22N4O2. The monoisotopic (exact) mass is 254 g/mol. The molecule has 0 fully saturated rings. The Bertz CT molecular complexity index is 347. The molecule has 1 aromatic rings. The smallest absolute Gasteiger partial charge is 0.204 e. The van der Waals surface area contributed by atoms with Gasteiger partial charge in [0.2, 0.25) is 5.75 Å². The highest BCUT2D eigenvalue weighted by Gasteiger charge is 2.09. The van der Waals surface area contributed by atoms with Gasteiger partial charge in [-0.15, -0.1) is 0 Å². The Kier molecular flexibility index (Phi) is 6.86. The minimum atomic E-state index is 0.634. The number of ether oxygens (including phenoxy) is 2. The van der Waals surface area contributed by atoms with E-state index in [2.05, 4.69) is 27.5 Å². The fourth-order valence-electron chi connectivity index (χ4n) is 1.50. The minimum Gasteiger partial charge on any atom is -0.490 e. The molecule has 0 saturated carbocycles. The zero-order chi connectivity index (χ0) is 13.2. The van der Waals surface area contributed by atoms with E-state index in [1.165, 1.54) is 6.33 Å². The highest BCUT2D eigenvalue weighted by atomic mass is 16.5. The Balaban J connectivity index is 2.41. The number of nitrogens with zero attached hydrogens (tertiary/aromatic N) is 2. The molecule has 18 heavy (non-hydrogen) atoms. The maximum atomic E-state index is 5.41. The molecule has 0 radical (unpaired) electrons. The summed E-state index contributed by atoms with van der Waals surface area (Å²) in [4.78, 5) is 8.25. The summed E-state index contributed by atoms with van der Waals surface area (Å²) in [6.45, 7) is 4.47. The third-order valence-corrected chi connectivity index (χ3v) is 2.35. The Morgan fingerprint density at radius 1 is 1.22 bits per heavy atom. The predicted octanol–water partition coefficient (Wildman–Crippen LogP) is 1.76. The molecule has 0 aliphatic heterocycles. The predicted molar refractivity (Wildman–Crippen MR) is 72.3 cm³/mol. The fourth-order valence-corrected chi connectivity index (χ4v) is 1.50. The van der Waals surface area contributed by atoms with Crippen LogP contribution in [0.1, 0.15) is 19.8 Å². The number of aromatic nitrogens is 2. The van der Waals surface area contributed by atoms with Gasteiger partial charge in [-0.05, 0) is 12.8 Å². The van der Waals surface area contributed by atoms with E-state index >= 15 is 0 Å². The lowest BCUT2D eigenvalue weighted by atomic mass is 10.4. The molecule has 6 heteroatoms. The molecule has 0 aromatic carbocycles. The maximum Gasteiger partial charge on any atom is 0.204 e. The van der Waals surface area contributed by atoms with Crippen molar-refractivity contribution >= 4 is 11.6 Å². The fraction of sp³-hybridized carbons (Fsp3) is 0.667. The molecule has 1 rings (SSSR count). The Morgan fingerprint density at radius 3 is 2.67 bits per heavy atom. The number of nitrogens with one attached hydrogen (secondary N) is 2. The first-order chi connectivity index (χ1) is 8.83. The van der Waals surface area contributed by atoms with E-state index in [-0.39, 0.29) is 0 Å². The van der Waals surface area contributed by atoms with Gasteiger partial charge < -0.3 is 20.1 Å². The minimum absolute atomic E-state index is 0.634. The van der Waals surface area contributed by atoms with E-state index in [0.29, 0.717) is 17.4 Å². The first-order valence-corrected chi connectivity index (χ1v) is 6.21. The van der Waals surface area contributed by atoms with Gasteiger partial charge >= 0.3 is 0 Å². The van der Waals surface area contributed by atoms with Crippen molar-refractivity contribution < 1.29 is 9.47 Å². The van der Waals surface area contributed by atoms with Crippen LogP contribution in [-0.2, 0) is 4.74 Å². The van der Waals surface area contributed by atoms with E-state index in [4.69, 9.17) is 9.47 Å². The van der Waals surface area contributed by atoms with Crippen LogP contribution in [0, 0.1) is 0 Å². The summed E-state index contributed by atoms with van der Waals surface area (Å²) in [5.74, 6) is 2.01. The van der Waals surface area contributed by atoms with Crippen molar-refractivity contribution in [3.63, 3.8) is 0 Å². The summed E-state index contributed by atoms with van der Waals surface area (Å²) in [7, 11) is 3.41. The highest BCUT2D eigenvalue weighted by molar-refractivity contribution is 5.63. The summed E-state index contributed by atoms with van der Waals surface area (Å²) >= 11 is 0. The number of methoxy groups -OCH3 is 1. The van der Waals surface area contributed by atoms with Crippen LogP contribution in [0.25, 0.3) is 0 Å². The molecule has 0 saturated heterocycles. The van der Waals surface area contributed by atoms with Crippen molar-refractivity contribution in [2.75, 3.05) is 44.5 Å². The second-order valence-corrected chi connectivity index (χ2v) is 3.75. The van der Waals surface area contributed by atoms with E-state index in [1.54, 1.807) is 14.2 Å². The van der Waals surface area contributed by atoms with Crippen LogP contribution >= 0.6 is 0 Å². The molecule has 1 heterocycles. The van der Waals surface area contributed by atoms with Gasteiger partial charge in [0, 0.05) is 26.8 Å². The van der Waals surface area contributed by atoms with Crippen molar-refractivity contribution in [3.8, 4) is 5.75 Å². The second kappa shape index (κ2) is 8.52. The third-order valence-electron chi connectivity index (χ3n) is 2.35. The molecule has 6 nitrogen and oxygen atoms in total. The zero-order valence-electron chi connectivity index (χ0n) is 11.3. The Morgan fingerprint density at radius 2 is 2.00 bits per heavy atom. The van der Waals surface area contributed by atoms with E-state index < -0.39 is 0 Å². The van der Waals surface area contributed by atoms with Crippen LogP contribution in [0.2, 0.25) is 0 Å². The largest absolute Gasteiger partial charge is 0.490 e. The van der Waals surface area contributed by atoms with E-state index in [1.807, 2.05) is 0 Å². The Hall–Kier alpha value is -1.56. The zero-order valence-corrected chi connectivity index (χ0v) is 11.3. The molecule has 2 N–H and O–H groups in total. The summed E-state index contributed by atoms with van der Waals surface area (Å²) in [5, 5.41) is 6.18. The molecule has 0 unspecified atom stereocenters. The maximum absolute atomic E-state index is 5.41. The number of hydrogen-bond acceptors (Lipinski definition) is 6. The first kappa shape index (κ1) is 14.5. The molecule has 0 spiro atoms. The standard InChI is InChI=1S/C12H22N4O2/c1-4-7-18-8-5-6-14-12-10(17-3)11(13-2)15-9-16-12/h9H,4-8H2,1-3H3,(H2,13,14,15,16). The summed E-state index contributed by atoms with van der Waals surface area (Å²) in [5.41, 5.74) is 0. The van der Waals surface area contributed by atoms with E-state index in [9.17, 15) is 0 Å². The summed E-state index contributed by atoms with van der Waals surface area (Å²) < 4.78 is 10.7. The van der Waals surface area contributed by atoms with Crippen LogP contribution in [0.3, 0.4) is 0 Å². The number of anilines is 2. The van der Waals surface area contributed by atoms with Crippen LogP contribution in [0.15, 0.2) is 6.33 Å². The van der Waals surface area contributed by atoms with Crippen LogP contribution in [0.4, 0.5) is 11.6 Å². The van der Waals surface area contributed by atoms with Crippen LogP contribution < -0.4 is 15.4 Å².